The number of unbranched alkanes of at least 4 members (excludes halogenated alkanes) is 49. The summed E-state index contributed by atoms with van der Waals surface area (Å²) in [5.41, 5.74) is 0. The zero-order chi connectivity index (χ0) is 70.5. The van der Waals surface area contributed by atoms with Gasteiger partial charge in [-0.2, -0.15) is 0 Å². The third kappa shape index (κ3) is 70.5. The van der Waals surface area contributed by atoms with Gasteiger partial charge in [0, 0.05) is 25.7 Å². The van der Waals surface area contributed by atoms with Crippen molar-refractivity contribution in [3.63, 3.8) is 0 Å². The molecule has 0 aliphatic carbocycles. The van der Waals surface area contributed by atoms with Gasteiger partial charge in [0.1, 0.15) is 19.3 Å². The van der Waals surface area contributed by atoms with Crippen LogP contribution in [0.5, 0.6) is 0 Å². The van der Waals surface area contributed by atoms with Gasteiger partial charge in [-0.05, 0) is 31.6 Å². The summed E-state index contributed by atoms with van der Waals surface area (Å²) in [6, 6.07) is 0. The van der Waals surface area contributed by atoms with Crippen LogP contribution in [0.4, 0.5) is 0 Å². The minimum absolute atomic E-state index is 0.105. The monoisotopic (exact) mass is 1410 g/mol. The van der Waals surface area contributed by atoms with Crippen molar-refractivity contribution in [3.8, 4) is 0 Å². The largest absolute Gasteiger partial charge is 0.472 e. The highest BCUT2D eigenvalue weighted by Gasteiger charge is 2.30. The van der Waals surface area contributed by atoms with Crippen LogP contribution < -0.4 is 0 Å². The van der Waals surface area contributed by atoms with E-state index < -0.39 is 97.5 Å². The van der Waals surface area contributed by atoms with E-state index in [-0.39, 0.29) is 25.7 Å². The maximum absolute atomic E-state index is 13.1. The van der Waals surface area contributed by atoms with Gasteiger partial charge < -0.3 is 33.8 Å². The summed E-state index contributed by atoms with van der Waals surface area (Å²) in [6.07, 6.45) is 59.9. The number of rotatable bonds is 77. The molecule has 19 heteroatoms. The predicted octanol–water partition coefficient (Wildman–Crippen LogP) is 22.9. The maximum Gasteiger partial charge on any atom is 0.472 e. The van der Waals surface area contributed by atoms with Crippen LogP contribution in [0, 0.1) is 5.92 Å². The second-order valence-corrected chi connectivity index (χ2v) is 31.1. The average molecular weight is 1410 g/mol. The van der Waals surface area contributed by atoms with Crippen LogP contribution in [-0.4, -0.2) is 96.7 Å². The molecule has 0 aliphatic heterocycles. The average Bonchev–Trinajstić information content (AvgIpc) is 1.35. The van der Waals surface area contributed by atoms with Gasteiger partial charge in [0.15, 0.2) is 12.2 Å². The Kier molecular flexibility index (Phi) is 68.7. The first-order chi connectivity index (χ1) is 46.5. The number of hydrogen-bond acceptors (Lipinski definition) is 15. The Bertz CT molecular complexity index is 1840. The van der Waals surface area contributed by atoms with Gasteiger partial charge in [-0.15, -0.1) is 0 Å². The SMILES string of the molecule is CCCCCCCCCCCCCCCCCCCCCCC(=O)O[C@H](COC(=O)CCCCCCCCCCCCCCCCCCC)COP(=O)(O)OC[C@@H](O)COP(=O)(O)OC[C@@H](COC(=O)CCCCCCCCC)OC(=O)CCCCCCCCCCCC(C)C. The fraction of sp³-hybridized carbons (Fsp3) is 0.948. The minimum atomic E-state index is -4.96. The second kappa shape index (κ2) is 70.1. The molecular formula is C77H150O17P2. The topological polar surface area (TPSA) is 237 Å². The number of aliphatic hydroxyl groups excluding tert-OH is 1. The van der Waals surface area contributed by atoms with Gasteiger partial charge >= 0.3 is 39.5 Å². The molecule has 570 valence electrons. The molecular weight excluding hydrogens is 1260 g/mol. The number of carbonyl (C=O) groups is 4. The van der Waals surface area contributed by atoms with Crippen LogP contribution in [0.1, 0.15) is 407 Å². The Balaban J connectivity index is 5.17. The fourth-order valence-electron chi connectivity index (χ4n) is 11.9. The van der Waals surface area contributed by atoms with Gasteiger partial charge in [-0.1, -0.05) is 356 Å². The lowest BCUT2D eigenvalue weighted by Gasteiger charge is -2.21. The van der Waals surface area contributed by atoms with Crippen molar-refractivity contribution in [3.05, 3.63) is 0 Å². The number of carbonyl (C=O) groups excluding carboxylic acids is 4. The summed E-state index contributed by atoms with van der Waals surface area (Å²) in [7, 11) is -9.91. The summed E-state index contributed by atoms with van der Waals surface area (Å²) in [5.74, 6) is -1.38. The van der Waals surface area contributed by atoms with Gasteiger partial charge in [-0.3, -0.25) is 37.3 Å². The Hall–Kier alpha value is -1.94. The standard InChI is InChI=1S/C77H150O17P2/c1-6-9-12-15-18-20-22-24-26-28-29-30-32-34-36-38-42-47-52-57-62-76(81)94-73(67-88-75(80)61-56-51-46-41-37-35-33-31-27-25-23-21-19-16-13-10-7-2)69-92-96(85,86)90-65-71(78)64-89-95(83,84)91-68-72(66-87-74(79)60-55-50-44-17-14-11-8-3)93-77(82)63-58-53-48-43-39-40-45-49-54-59-70(4)5/h70-73,78H,6-69H2,1-5H3,(H,83,84)(H,85,86)/t71-,72+,73+/m0/s1. The van der Waals surface area contributed by atoms with Crippen LogP contribution in [0.15, 0.2) is 0 Å². The maximum atomic E-state index is 13.1. The number of phosphoric acid groups is 2. The van der Waals surface area contributed by atoms with E-state index in [2.05, 4.69) is 34.6 Å². The lowest BCUT2D eigenvalue weighted by atomic mass is 10.0. The molecule has 0 amide bonds. The Morgan fingerprint density at radius 2 is 0.479 bits per heavy atom. The minimum Gasteiger partial charge on any atom is -0.462 e. The van der Waals surface area contributed by atoms with E-state index in [0.717, 1.165) is 109 Å². The molecule has 0 saturated carbocycles. The van der Waals surface area contributed by atoms with E-state index in [1.165, 1.54) is 218 Å². The Morgan fingerprint density at radius 3 is 0.708 bits per heavy atom. The van der Waals surface area contributed by atoms with Gasteiger partial charge in [0.25, 0.3) is 0 Å². The van der Waals surface area contributed by atoms with E-state index >= 15 is 0 Å². The summed E-state index contributed by atoms with van der Waals surface area (Å²) in [4.78, 5) is 72.7. The molecule has 0 aromatic rings. The van der Waals surface area contributed by atoms with Crippen LogP contribution in [0.2, 0.25) is 0 Å². The summed E-state index contributed by atoms with van der Waals surface area (Å²) < 4.78 is 68.4. The Morgan fingerprint density at radius 1 is 0.281 bits per heavy atom. The lowest BCUT2D eigenvalue weighted by molar-refractivity contribution is -0.161. The number of aliphatic hydroxyl groups is 1. The molecule has 0 spiro atoms. The van der Waals surface area contributed by atoms with Crippen molar-refractivity contribution in [2.45, 2.75) is 425 Å². The van der Waals surface area contributed by atoms with Crippen molar-refractivity contribution < 1.29 is 80.2 Å². The van der Waals surface area contributed by atoms with Crippen LogP contribution in [-0.2, 0) is 65.4 Å². The quantitative estimate of drug-likeness (QED) is 0.0222. The molecule has 0 aliphatic rings. The molecule has 96 heavy (non-hydrogen) atoms. The van der Waals surface area contributed by atoms with E-state index in [0.29, 0.717) is 25.7 Å². The highest BCUT2D eigenvalue weighted by Crippen LogP contribution is 2.45. The zero-order valence-electron chi connectivity index (χ0n) is 62.5. The van der Waals surface area contributed by atoms with E-state index in [1.807, 2.05) is 0 Å². The molecule has 0 aromatic carbocycles. The first kappa shape index (κ1) is 94.1. The van der Waals surface area contributed by atoms with E-state index in [1.54, 1.807) is 0 Å². The lowest BCUT2D eigenvalue weighted by Crippen LogP contribution is -2.30. The van der Waals surface area contributed by atoms with Crippen LogP contribution in [0.3, 0.4) is 0 Å². The zero-order valence-corrected chi connectivity index (χ0v) is 64.3. The molecule has 0 heterocycles. The second-order valence-electron chi connectivity index (χ2n) is 28.2. The van der Waals surface area contributed by atoms with E-state index in [9.17, 15) is 43.2 Å². The summed E-state index contributed by atoms with van der Waals surface area (Å²) >= 11 is 0. The van der Waals surface area contributed by atoms with Gasteiger partial charge in [0.05, 0.1) is 26.4 Å². The molecule has 2 unspecified atom stereocenters. The van der Waals surface area contributed by atoms with Crippen molar-refractivity contribution in [2.75, 3.05) is 39.6 Å². The number of esters is 4. The first-order valence-electron chi connectivity index (χ1n) is 40.1. The molecule has 0 aromatic heterocycles. The fourth-order valence-corrected chi connectivity index (χ4v) is 13.5. The predicted molar refractivity (Wildman–Crippen MR) is 391 cm³/mol. The normalized spacial score (nSPS) is 13.9. The van der Waals surface area contributed by atoms with Crippen LogP contribution >= 0.6 is 15.6 Å². The first-order valence-corrected chi connectivity index (χ1v) is 43.1. The third-order valence-corrected chi connectivity index (χ3v) is 19.9. The third-order valence-electron chi connectivity index (χ3n) is 18.0. The van der Waals surface area contributed by atoms with Crippen molar-refractivity contribution >= 4 is 39.5 Å². The number of hydrogen-bond donors (Lipinski definition) is 3. The molecule has 0 radical (unpaired) electrons. The molecule has 0 bridgehead atoms. The summed E-state index contributed by atoms with van der Waals surface area (Å²) in [5, 5.41) is 10.6. The molecule has 0 rings (SSSR count). The highest BCUT2D eigenvalue weighted by molar-refractivity contribution is 7.47. The van der Waals surface area contributed by atoms with Crippen molar-refractivity contribution in [1.29, 1.82) is 0 Å². The molecule has 17 nitrogen and oxygen atoms in total. The smallest absolute Gasteiger partial charge is 0.462 e. The van der Waals surface area contributed by atoms with Gasteiger partial charge in [-0.25, -0.2) is 9.13 Å². The van der Waals surface area contributed by atoms with E-state index in [4.69, 9.17) is 37.0 Å². The van der Waals surface area contributed by atoms with Crippen LogP contribution in [0.25, 0.3) is 0 Å². The molecule has 5 atom stereocenters. The van der Waals surface area contributed by atoms with Gasteiger partial charge in [0.2, 0.25) is 0 Å². The number of phosphoric ester groups is 2. The molecule has 0 fully saturated rings. The Labute approximate surface area is 588 Å². The highest BCUT2D eigenvalue weighted by atomic mass is 31.2. The number of ether oxygens (including phenoxy) is 4. The van der Waals surface area contributed by atoms with Crippen molar-refractivity contribution in [2.24, 2.45) is 5.92 Å². The van der Waals surface area contributed by atoms with Crippen molar-refractivity contribution in [1.82, 2.24) is 0 Å². The molecule has 3 N–H and O–H groups in total. The summed E-state index contributed by atoms with van der Waals surface area (Å²) in [6.45, 7) is 7.23. The molecule has 0 saturated heterocycles.